The number of aliphatic imine (C=N–C) groups is 1. The Morgan fingerprint density at radius 3 is 2.73 bits per heavy atom. The van der Waals surface area contributed by atoms with E-state index >= 15 is 0 Å². The Morgan fingerprint density at radius 2 is 2.04 bits per heavy atom. The summed E-state index contributed by atoms with van der Waals surface area (Å²) in [6.45, 7) is 4.86. The number of ether oxygens (including phenoxy) is 1. The van der Waals surface area contributed by atoms with Crippen LogP contribution in [0.5, 0.6) is 5.75 Å². The summed E-state index contributed by atoms with van der Waals surface area (Å²) < 4.78 is 5.32. The van der Waals surface area contributed by atoms with Gasteiger partial charge in [0.1, 0.15) is 5.75 Å². The molecular formula is C21H28N4O. The van der Waals surface area contributed by atoms with E-state index < -0.39 is 0 Å². The Morgan fingerprint density at radius 1 is 1.23 bits per heavy atom. The van der Waals surface area contributed by atoms with Crippen LogP contribution in [0.3, 0.4) is 0 Å². The highest BCUT2D eigenvalue weighted by Crippen LogP contribution is 2.20. The van der Waals surface area contributed by atoms with Gasteiger partial charge in [0.25, 0.3) is 0 Å². The van der Waals surface area contributed by atoms with Gasteiger partial charge in [0.05, 0.1) is 7.11 Å². The summed E-state index contributed by atoms with van der Waals surface area (Å²) in [5, 5.41) is 6.96. The number of hydrogen-bond donors (Lipinski definition) is 2. The van der Waals surface area contributed by atoms with Gasteiger partial charge in [-0.3, -0.25) is 4.99 Å². The zero-order valence-corrected chi connectivity index (χ0v) is 15.8. The molecule has 3 rings (SSSR count). The van der Waals surface area contributed by atoms with Gasteiger partial charge in [-0.25, -0.2) is 0 Å². The second-order valence-corrected chi connectivity index (χ2v) is 6.64. The van der Waals surface area contributed by atoms with E-state index in [9.17, 15) is 0 Å². The van der Waals surface area contributed by atoms with Crippen LogP contribution in [0, 0.1) is 6.92 Å². The molecule has 0 amide bonds. The molecule has 26 heavy (non-hydrogen) atoms. The minimum atomic E-state index is 0.402. The van der Waals surface area contributed by atoms with Crippen molar-refractivity contribution >= 4 is 11.6 Å². The highest BCUT2D eigenvalue weighted by molar-refractivity contribution is 5.80. The van der Waals surface area contributed by atoms with E-state index in [1.54, 1.807) is 7.11 Å². The highest BCUT2D eigenvalue weighted by atomic mass is 16.5. The van der Waals surface area contributed by atoms with E-state index in [0.29, 0.717) is 6.04 Å². The first-order valence-electron chi connectivity index (χ1n) is 9.10. The normalized spacial score (nSPS) is 17.3. The van der Waals surface area contributed by atoms with Crippen molar-refractivity contribution < 1.29 is 4.74 Å². The lowest BCUT2D eigenvalue weighted by Crippen LogP contribution is -2.44. The quantitative estimate of drug-likeness (QED) is 0.642. The first-order valence-corrected chi connectivity index (χ1v) is 9.10. The van der Waals surface area contributed by atoms with Crippen LogP contribution in [0.1, 0.15) is 17.5 Å². The summed E-state index contributed by atoms with van der Waals surface area (Å²) >= 11 is 0. The molecule has 138 valence electrons. The maximum Gasteiger partial charge on any atom is 0.191 e. The molecule has 0 aliphatic carbocycles. The SMILES string of the molecule is CN=C(NCc1ccc(OC)c(C)c1)NC1CCN(c2ccccc2)C1. The van der Waals surface area contributed by atoms with Gasteiger partial charge in [-0.15, -0.1) is 0 Å². The van der Waals surface area contributed by atoms with Crippen LogP contribution >= 0.6 is 0 Å². The van der Waals surface area contributed by atoms with Crippen LogP contribution in [0.25, 0.3) is 0 Å². The first-order chi connectivity index (χ1) is 12.7. The number of methoxy groups -OCH3 is 1. The molecule has 0 saturated carbocycles. The molecular weight excluding hydrogens is 324 g/mol. The molecule has 0 bridgehead atoms. The van der Waals surface area contributed by atoms with Crippen LogP contribution < -0.4 is 20.3 Å². The van der Waals surface area contributed by atoms with Gasteiger partial charge >= 0.3 is 0 Å². The maximum absolute atomic E-state index is 5.32. The zero-order chi connectivity index (χ0) is 18.4. The van der Waals surface area contributed by atoms with Crippen molar-refractivity contribution in [2.45, 2.75) is 25.9 Å². The predicted molar refractivity (Wildman–Crippen MR) is 108 cm³/mol. The Hall–Kier alpha value is -2.69. The maximum atomic E-state index is 5.32. The summed E-state index contributed by atoms with van der Waals surface area (Å²) in [7, 11) is 3.52. The van der Waals surface area contributed by atoms with Gasteiger partial charge in [-0.2, -0.15) is 0 Å². The van der Waals surface area contributed by atoms with Crippen molar-refractivity contribution in [3.05, 3.63) is 59.7 Å². The molecule has 1 fully saturated rings. The highest BCUT2D eigenvalue weighted by Gasteiger charge is 2.23. The van der Waals surface area contributed by atoms with Crippen molar-refractivity contribution in [2.24, 2.45) is 4.99 Å². The second-order valence-electron chi connectivity index (χ2n) is 6.64. The Balaban J connectivity index is 1.52. The third-order valence-electron chi connectivity index (χ3n) is 4.79. The minimum Gasteiger partial charge on any atom is -0.496 e. The molecule has 1 aliphatic rings. The number of nitrogens with zero attached hydrogens (tertiary/aromatic N) is 2. The molecule has 5 heteroatoms. The van der Waals surface area contributed by atoms with Crippen LogP contribution in [0.2, 0.25) is 0 Å². The van der Waals surface area contributed by atoms with Gasteiger partial charge in [-0.05, 0) is 42.7 Å². The van der Waals surface area contributed by atoms with E-state index in [1.807, 2.05) is 13.1 Å². The van der Waals surface area contributed by atoms with E-state index in [-0.39, 0.29) is 0 Å². The number of rotatable bonds is 5. The fourth-order valence-electron chi connectivity index (χ4n) is 3.38. The average molecular weight is 352 g/mol. The number of benzene rings is 2. The van der Waals surface area contributed by atoms with Crippen LogP contribution in [-0.2, 0) is 6.54 Å². The third kappa shape index (κ3) is 4.48. The Labute approximate surface area is 156 Å². The summed E-state index contributed by atoms with van der Waals surface area (Å²) in [6.07, 6.45) is 1.11. The predicted octanol–water partition coefficient (Wildman–Crippen LogP) is 2.95. The molecule has 1 aliphatic heterocycles. The number of para-hydroxylation sites is 1. The monoisotopic (exact) mass is 352 g/mol. The number of aryl methyl sites for hydroxylation is 1. The van der Waals surface area contributed by atoms with Gasteiger partial charge < -0.3 is 20.3 Å². The lowest BCUT2D eigenvalue weighted by atomic mass is 10.1. The number of nitrogens with one attached hydrogen (secondary N) is 2. The summed E-state index contributed by atoms with van der Waals surface area (Å²) in [6, 6.07) is 17.2. The molecule has 0 aromatic heterocycles. The third-order valence-corrected chi connectivity index (χ3v) is 4.79. The summed E-state index contributed by atoms with van der Waals surface area (Å²) in [5.74, 6) is 1.77. The van der Waals surface area contributed by atoms with Crippen LogP contribution in [0.4, 0.5) is 5.69 Å². The van der Waals surface area contributed by atoms with E-state index in [0.717, 1.165) is 43.3 Å². The average Bonchev–Trinajstić information content (AvgIpc) is 3.14. The van der Waals surface area contributed by atoms with E-state index in [4.69, 9.17) is 4.74 Å². The molecule has 2 aromatic rings. The summed E-state index contributed by atoms with van der Waals surface area (Å²) in [4.78, 5) is 6.79. The van der Waals surface area contributed by atoms with Gasteiger partial charge in [0, 0.05) is 38.4 Å². The molecule has 0 spiro atoms. The van der Waals surface area contributed by atoms with Crippen molar-refractivity contribution in [1.29, 1.82) is 0 Å². The number of hydrogen-bond acceptors (Lipinski definition) is 3. The fraction of sp³-hybridized carbons (Fsp3) is 0.381. The number of anilines is 1. The second kappa shape index (κ2) is 8.61. The van der Waals surface area contributed by atoms with Gasteiger partial charge in [0.15, 0.2) is 5.96 Å². The molecule has 1 heterocycles. The van der Waals surface area contributed by atoms with Crippen LogP contribution in [-0.4, -0.2) is 39.2 Å². The molecule has 1 saturated heterocycles. The smallest absolute Gasteiger partial charge is 0.191 e. The topological polar surface area (TPSA) is 48.9 Å². The van der Waals surface area contributed by atoms with Crippen molar-refractivity contribution in [3.63, 3.8) is 0 Å². The molecule has 2 aromatic carbocycles. The van der Waals surface area contributed by atoms with Crippen molar-refractivity contribution in [1.82, 2.24) is 10.6 Å². The first kappa shape index (κ1) is 18.1. The standard InChI is InChI=1S/C21H28N4O/c1-16-13-17(9-10-20(16)26-3)14-23-21(22-2)24-18-11-12-25(15-18)19-7-5-4-6-8-19/h4-10,13,18H,11-12,14-15H2,1-3H3,(H2,22,23,24). The van der Waals surface area contributed by atoms with Crippen molar-refractivity contribution in [2.75, 3.05) is 32.1 Å². The molecule has 1 atom stereocenters. The molecule has 0 radical (unpaired) electrons. The zero-order valence-electron chi connectivity index (χ0n) is 15.8. The van der Waals surface area contributed by atoms with E-state index in [1.165, 1.54) is 11.3 Å². The fourth-order valence-corrected chi connectivity index (χ4v) is 3.38. The largest absolute Gasteiger partial charge is 0.496 e. The lowest BCUT2D eigenvalue weighted by Gasteiger charge is -2.20. The minimum absolute atomic E-state index is 0.402. The van der Waals surface area contributed by atoms with Crippen LogP contribution in [0.15, 0.2) is 53.5 Å². The Kier molecular flexibility index (Phi) is 6.00. The van der Waals surface area contributed by atoms with E-state index in [2.05, 4.69) is 69.9 Å². The lowest BCUT2D eigenvalue weighted by molar-refractivity contribution is 0.411. The number of guanidine groups is 1. The summed E-state index contributed by atoms with van der Waals surface area (Å²) in [5.41, 5.74) is 3.64. The van der Waals surface area contributed by atoms with Crippen molar-refractivity contribution in [3.8, 4) is 5.75 Å². The van der Waals surface area contributed by atoms with Gasteiger partial charge in [0.2, 0.25) is 0 Å². The Bertz CT molecular complexity index is 745. The molecule has 1 unspecified atom stereocenters. The molecule has 5 nitrogen and oxygen atoms in total. The van der Waals surface area contributed by atoms with Gasteiger partial charge in [-0.1, -0.05) is 30.3 Å². The molecule has 2 N–H and O–H groups in total.